The van der Waals surface area contributed by atoms with Crippen LogP contribution in [0.3, 0.4) is 0 Å². The number of hydrogen-bond acceptors (Lipinski definition) is 5. The fourth-order valence-corrected chi connectivity index (χ4v) is 3.05. The van der Waals surface area contributed by atoms with Gasteiger partial charge in [-0.25, -0.2) is 0 Å². The number of amides is 4. The Balaban J connectivity index is 4.48. The molecule has 4 N–H and O–H groups in total. The Morgan fingerprint density at radius 1 is 0.963 bits per heavy atom. The molecule has 0 spiro atoms. The van der Waals surface area contributed by atoms with Crippen LogP contribution < -0.4 is 21.3 Å². The monoisotopic (exact) mass is 402 g/mol. The SMILES string of the molecule is CCCCCCCCNC(=O)[C@H](CSC(=O)NCC)NC(=O)[C@@H](C)NC=O. The average Bonchev–Trinajstić information content (AvgIpc) is 2.64. The van der Waals surface area contributed by atoms with Gasteiger partial charge in [0.25, 0.3) is 5.24 Å². The Kier molecular flexibility index (Phi) is 15.3. The minimum atomic E-state index is -0.846. The molecule has 0 saturated heterocycles. The summed E-state index contributed by atoms with van der Waals surface area (Å²) in [5, 5.41) is 10.1. The summed E-state index contributed by atoms with van der Waals surface area (Å²) in [6.07, 6.45) is 7.12. The molecule has 27 heavy (non-hydrogen) atoms. The lowest BCUT2D eigenvalue weighted by molar-refractivity contribution is -0.129. The number of hydrogen-bond donors (Lipinski definition) is 4. The van der Waals surface area contributed by atoms with Gasteiger partial charge >= 0.3 is 0 Å². The van der Waals surface area contributed by atoms with Crippen molar-refractivity contribution in [3.05, 3.63) is 0 Å². The summed E-state index contributed by atoms with van der Waals surface area (Å²) in [5.74, 6) is -0.682. The molecular formula is C18H34N4O4S. The molecule has 0 aliphatic heterocycles. The highest BCUT2D eigenvalue weighted by molar-refractivity contribution is 8.13. The molecule has 0 rings (SSSR count). The number of nitrogens with one attached hydrogen (secondary N) is 4. The molecule has 0 fully saturated rings. The van der Waals surface area contributed by atoms with Gasteiger partial charge in [-0.3, -0.25) is 19.2 Å². The molecule has 0 aromatic heterocycles. The molecule has 0 saturated carbocycles. The van der Waals surface area contributed by atoms with E-state index in [1.54, 1.807) is 6.92 Å². The highest BCUT2D eigenvalue weighted by Gasteiger charge is 2.24. The lowest BCUT2D eigenvalue weighted by atomic mass is 10.1. The number of carbonyl (C=O) groups excluding carboxylic acids is 4. The van der Waals surface area contributed by atoms with Crippen molar-refractivity contribution in [3.63, 3.8) is 0 Å². The van der Waals surface area contributed by atoms with Gasteiger partial charge in [-0.15, -0.1) is 0 Å². The van der Waals surface area contributed by atoms with Gasteiger partial charge in [0, 0.05) is 18.8 Å². The summed E-state index contributed by atoms with van der Waals surface area (Å²) in [6.45, 7) is 6.52. The average molecular weight is 403 g/mol. The van der Waals surface area contributed by atoms with Crippen molar-refractivity contribution in [3.8, 4) is 0 Å². The second-order valence-electron chi connectivity index (χ2n) is 6.25. The first-order chi connectivity index (χ1) is 13.0. The standard InChI is InChI=1S/C18H34N4O4S/c1-4-6-7-8-9-10-11-20-17(25)15(12-27-18(26)19-5-2)22-16(24)14(3)21-13-23/h13-15H,4-12H2,1-3H3,(H,19,26)(H,20,25)(H,21,23)(H,22,24)/t14-,15+/m1/s1. The molecule has 8 nitrogen and oxygen atoms in total. The molecule has 4 amide bonds. The van der Waals surface area contributed by atoms with Gasteiger partial charge in [0.05, 0.1) is 0 Å². The van der Waals surface area contributed by atoms with Gasteiger partial charge in [-0.2, -0.15) is 0 Å². The molecule has 9 heteroatoms. The number of thioether (sulfide) groups is 1. The van der Waals surface area contributed by atoms with Crippen molar-refractivity contribution in [2.45, 2.75) is 71.4 Å². The first-order valence-corrected chi connectivity index (χ1v) is 10.6. The maximum Gasteiger partial charge on any atom is 0.279 e. The Morgan fingerprint density at radius 3 is 2.26 bits per heavy atom. The van der Waals surface area contributed by atoms with E-state index < -0.39 is 18.0 Å². The number of rotatable bonds is 15. The topological polar surface area (TPSA) is 116 Å². The summed E-state index contributed by atoms with van der Waals surface area (Å²) in [6, 6.07) is -1.60. The highest BCUT2D eigenvalue weighted by Crippen LogP contribution is 2.06. The zero-order valence-electron chi connectivity index (χ0n) is 16.6. The third kappa shape index (κ3) is 13.1. The van der Waals surface area contributed by atoms with Crippen LogP contribution in [-0.2, 0) is 14.4 Å². The molecule has 0 aromatic carbocycles. The second-order valence-corrected chi connectivity index (χ2v) is 7.25. The first kappa shape index (κ1) is 25.2. The maximum absolute atomic E-state index is 12.4. The van der Waals surface area contributed by atoms with Crippen molar-refractivity contribution in [2.75, 3.05) is 18.8 Å². The lowest BCUT2D eigenvalue weighted by Gasteiger charge is -2.20. The molecule has 0 aliphatic rings. The van der Waals surface area contributed by atoms with Crippen LogP contribution in [-0.4, -0.2) is 54.4 Å². The fraction of sp³-hybridized carbons (Fsp3) is 0.778. The van der Waals surface area contributed by atoms with Crippen molar-refractivity contribution < 1.29 is 19.2 Å². The fourth-order valence-electron chi connectivity index (χ4n) is 2.25. The lowest BCUT2D eigenvalue weighted by Crippen LogP contribution is -2.53. The van der Waals surface area contributed by atoms with Crippen LogP contribution in [0.2, 0.25) is 0 Å². The van der Waals surface area contributed by atoms with Crippen molar-refractivity contribution in [2.24, 2.45) is 0 Å². The van der Waals surface area contributed by atoms with Crippen molar-refractivity contribution in [1.82, 2.24) is 21.3 Å². The van der Waals surface area contributed by atoms with E-state index in [2.05, 4.69) is 28.2 Å². The molecule has 2 atom stereocenters. The Hall–Kier alpha value is -1.77. The van der Waals surface area contributed by atoms with Gasteiger partial charge in [0.2, 0.25) is 18.2 Å². The Bertz CT molecular complexity index is 463. The maximum atomic E-state index is 12.4. The third-order valence-corrected chi connectivity index (χ3v) is 4.78. The zero-order chi connectivity index (χ0) is 20.5. The van der Waals surface area contributed by atoms with Crippen LogP contribution in [0.25, 0.3) is 0 Å². The second kappa shape index (κ2) is 16.4. The summed E-state index contributed by atoms with van der Waals surface area (Å²) < 4.78 is 0. The normalized spacial score (nSPS) is 12.6. The first-order valence-electron chi connectivity index (χ1n) is 9.64. The van der Waals surface area contributed by atoms with E-state index in [4.69, 9.17) is 0 Å². The van der Waals surface area contributed by atoms with E-state index in [-0.39, 0.29) is 16.9 Å². The van der Waals surface area contributed by atoms with E-state index in [1.165, 1.54) is 26.2 Å². The smallest absolute Gasteiger partial charge is 0.279 e. The van der Waals surface area contributed by atoms with Crippen molar-refractivity contribution >= 4 is 35.2 Å². The molecule has 0 aromatic rings. The number of unbranched alkanes of at least 4 members (excludes halogenated alkanes) is 5. The largest absolute Gasteiger partial charge is 0.354 e. The van der Waals surface area contributed by atoms with Crippen LogP contribution in [0, 0.1) is 0 Å². The van der Waals surface area contributed by atoms with Crippen LogP contribution >= 0.6 is 11.8 Å². The van der Waals surface area contributed by atoms with E-state index in [0.29, 0.717) is 19.5 Å². The van der Waals surface area contributed by atoms with Crippen LogP contribution in [0.1, 0.15) is 59.3 Å². The quantitative estimate of drug-likeness (QED) is 0.245. The predicted molar refractivity (Wildman–Crippen MR) is 109 cm³/mol. The molecule has 156 valence electrons. The molecule has 0 unspecified atom stereocenters. The van der Waals surface area contributed by atoms with Crippen LogP contribution in [0.15, 0.2) is 0 Å². The van der Waals surface area contributed by atoms with Crippen LogP contribution in [0.4, 0.5) is 4.79 Å². The van der Waals surface area contributed by atoms with Gasteiger partial charge in [-0.1, -0.05) is 50.8 Å². The predicted octanol–water partition coefficient (Wildman–Crippen LogP) is 1.55. The Morgan fingerprint density at radius 2 is 1.63 bits per heavy atom. The van der Waals surface area contributed by atoms with Crippen molar-refractivity contribution in [1.29, 1.82) is 0 Å². The molecule has 0 radical (unpaired) electrons. The molecule has 0 aliphatic carbocycles. The van der Waals surface area contributed by atoms with E-state index in [0.717, 1.165) is 31.0 Å². The van der Waals surface area contributed by atoms with Gasteiger partial charge in [0.15, 0.2) is 0 Å². The summed E-state index contributed by atoms with van der Waals surface area (Å²) in [4.78, 5) is 46.6. The highest BCUT2D eigenvalue weighted by atomic mass is 32.2. The number of carbonyl (C=O) groups is 4. The van der Waals surface area contributed by atoms with E-state index in [1.807, 2.05) is 0 Å². The van der Waals surface area contributed by atoms with E-state index in [9.17, 15) is 19.2 Å². The molecular weight excluding hydrogens is 368 g/mol. The van der Waals surface area contributed by atoms with E-state index >= 15 is 0 Å². The van der Waals surface area contributed by atoms with Crippen LogP contribution in [0.5, 0.6) is 0 Å². The summed E-state index contributed by atoms with van der Waals surface area (Å²) in [7, 11) is 0. The minimum Gasteiger partial charge on any atom is -0.354 e. The third-order valence-electron chi connectivity index (χ3n) is 3.88. The zero-order valence-corrected chi connectivity index (χ0v) is 17.5. The molecule has 0 heterocycles. The van der Waals surface area contributed by atoms with Gasteiger partial charge < -0.3 is 21.3 Å². The Labute approximate surface area is 166 Å². The summed E-state index contributed by atoms with van der Waals surface area (Å²) in [5.41, 5.74) is 0. The van der Waals surface area contributed by atoms with Gasteiger partial charge in [-0.05, 0) is 20.3 Å². The minimum absolute atomic E-state index is 0.119. The summed E-state index contributed by atoms with van der Waals surface area (Å²) >= 11 is 0.942. The van der Waals surface area contributed by atoms with Gasteiger partial charge in [0.1, 0.15) is 12.1 Å². The molecule has 0 bridgehead atoms.